The van der Waals surface area contributed by atoms with Crippen LogP contribution < -0.4 is 15.1 Å². The fraction of sp³-hybridized carbons (Fsp3) is 0.235. The largest absolute Gasteiger partial charge is 0.353 e. The maximum absolute atomic E-state index is 13.3. The van der Waals surface area contributed by atoms with E-state index in [1.54, 1.807) is 12.3 Å². The summed E-state index contributed by atoms with van der Waals surface area (Å²) in [5.41, 5.74) is 2.14. The Bertz CT molecular complexity index is 886. The highest BCUT2D eigenvalue weighted by atomic mass is 19.1. The van der Waals surface area contributed by atoms with Crippen molar-refractivity contribution < 1.29 is 9.18 Å². The number of carbonyl (C=O) groups excluding carboxylic acids is 1. The number of halogens is 1. The van der Waals surface area contributed by atoms with Crippen LogP contribution in [0.2, 0.25) is 0 Å². The van der Waals surface area contributed by atoms with Gasteiger partial charge in [-0.2, -0.15) is 0 Å². The number of piperazine rings is 1. The number of nitrogens with one attached hydrogen (secondary N) is 2. The Morgan fingerprint density at radius 1 is 1.12 bits per heavy atom. The maximum atomic E-state index is 13.3. The molecule has 1 amide bonds. The number of amides is 1. The Balaban J connectivity index is 1.44. The van der Waals surface area contributed by atoms with Gasteiger partial charge >= 0.3 is 0 Å². The summed E-state index contributed by atoms with van der Waals surface area (Å²) in [7, 11) is 0. The molecular formula is C17H17FN6O. The molecule has 1 fully saturated rings. The number of fused-ring (bicyclic) bond motifs is 1. The number of hydrogen-bond donors (Lipinski definition) is 2. The fourth-order valence-corrected chi connectivity index (χ4v) is 2.99. The zero-order valence-corrected chi connectivity index (χ0v) is 13.4. The van der Waals surface area contributed by atoms with Gasteiger partial charge < -0.3 is 20.1 Å². The first-order valence-corrected chi connectivity index (χ1v) is 8.04. The summed E-state index contributed by atoms with van der Waals surface area (Å²) in [5, 5.41) is 2.57. The highest BCUT2D eigenvalue weighted by molar-refractivity contribution is 5.77. The van der Waals surface area contributed by atoms with Crippen LogP contribution in [0.5, 0.6) is 0 Å². The van der Waals surface area contributed by atoms with E-state index >= 15 is 0 Å². The van der Waals surface area contributed by atoms with Gasteiger partial charge in [0.25, 0.3) is 0 Å². The van der Waals surface area contributed by atoms with Crippen LogP contribution in [0.25, 0.3) is 11.0 Å². The topological polar surface area (TPSA) is 77.2 Å². The summed E-state index contributed by atoms with van der Waals surface area (Å²) in [6.07, 6.45) is 2.28. The third-order valence-corrected chi connectivity index (χ3v) is 4.31. The minimum atomic E-state index is -0.272. The van der Waals surface area contributed by atoms with Gasteiger partial charge in [0.2, 0.25) is 12.4 Å². The standard InChI is InChI=1S/C17H17FN6O/c18-12-1-3-14-15(9-12)22-17(21-14)24-7-5-23(6-8-24)16-4-2-13(10-19-16)20-11-25/h1-4,9-11H,5-8H2,(H,20,25)(H,21,22). The molecule has 1 aromatic carbocycles. The zero-order chi connectivity index (χ0) is 17.2. The molecule has 2 aromatic heterocycles. The third-order valence-electron chi connectivity index (χ3n) is 4.31. The number of imidazole rings is 1. The summed E-state index contributed by atoms with van der Waals surface area (Å²) >= 11 is 0. The van der Waals surface area contributed by atoms with E-state index in [0.29, 0.717) is 17.6 Å². The summed E-state index contributed by atoms with van der Waals surface area (Å²) in [6, 6.07) is 8.28. The van der Waals surface area contributed by atoms with Gasteiger partial charge in [-0.05, 0) is 30.3 Å². The fourth-order valence-electron chi connectivity index (χ4n) is 2.99. The predicted molar refractivity (Wildman–Crippen MR) is 94.4 cm³/mol. The first kappa shape index (κ1) is 15.4. The Hall–Kier alpha value is -3.16. The molecule has 2 N–H and O–H groups in total. The molecule has 8 heteroatoms. The van der Waals surface area contributed by atoms with E-state index in [4.69, 9.17) is 0 Å². The average molecular weight is 340 g/mol. The second-order valence-electron chi connectivity index (χ2n) is 5.86. The van der Waals surface area contributed by atoms with Crippen LogP contribution in [0.15, 0.2) is 36.5 Å². The zero-order valence-electron chi connectivity index (χ0n) is 13.4. The SMILES string of the molecule is O=CNc1ccc(N2CCN(c3nc4ccc(F)cc4[nH]3)CC2)nc1. The summed E-state index contributed by atoms with van der Waals surface area (Å²) in [4.78, 5) is 26.9. The van der Waals surface area contributed by atoms with Crippen molar-refractivity contribution in [3.63, 3.8) is 0 Å². The van der Waals surface area contributed by atoms with Gasteiger partial charge in [0.05, 0.1) is 22.9 Å². The number of pyridine rings is 1. The molecule has 0 atom stereocenters. The van der Waals surface area contributed by atoms with Crippen LogP contribution >= 0.6 is 0 Å². The Morgan fingerprint density at radius 2 is 1.92 bits per heavy atom. The van der Waals surface area contributed by atoms with E-state index in [2.05, 4.69) is 30.1 Å². The molecular weight excluding hydrogens is 323 g/mol. The van der Waals surface area contributed by atoms with E-state index in [1.165, 1.54) is 12.1 Å². The highest BCUT2D eigenvalue weighted by Gasteiger charge is 2.20. The lowest BCUT2D eigenvalue weighted by Crippen LogP contribution is -2.47. The molecule has 0 spiro atoms. The van der Waals surface area contributed by atoms with Crippen molar-refractivity contribution >= 4 is 34.9 Å². The van der Waals surface area contributed by atoms with Crippen LogP contribution in [0, 0.1) is 5.82 Å². The quantitative estimate of drug-likeness (QED) is 0.710. The van der Waals surface area contributed by atoms with Crippen molar-refractivity contribution in [3.8, 4) is 0 Å². The molecule has 3 heterocycles. The van der Waals surface area contributed by atoms with Gasteiger partial charge in [-0.25, -0.2) is 14.4 Å². The van der Waals surface area contributed by atoms with E-state index in [-0.39, 0.29) is 5.82 Å². The lowest BCUT2D eigenvalue weighted by Gasteiger charge is -2.35. The normalized spacial score (nSPS) is 14.8. The summed E-state index contributed by atoms with van der Waals surface area (Å²) in [5.74, 6) is 1.37. The lowest BCUT2D eigenvalue weighted by atomic mass is 10.3. The molecule has 0 aliphatic carbocycles. The van der Waals surface area contributed by atoms with Crippen molar-refractivity contribution in [3.05, 3.63) is 42.3 Å². The van der Waals surface area contributed by atoms with Crippen LogP contribution in [-0.4, -0.2) is 47.5 Å². The molecule has 7 nitrogen and oxygen atoms in total. The molecule has 1 aliphatic rings. The molecule has 0 radical (unpaired) electrons. The lowest BCUT2D eigenvalue weighted by molar-refractivity contribution is -0.105. The number of aromatic amines is 1. The molecule has 25 heavy (non-hydrogen) atoms. The number of carbonyl (C=O) groups is 1. The molecule has 128 valence electrons. The van der Waals surface area contributed by atoms with Gasteiger partial charge in [0, 0.05) is 26.2 Å². The van der Waals surface area contributed by atoms with Crippen molar-refractivity contribution in [2.45, 2.75) is 0 Å². The first-order valence-electron chi connectivity index (χ1n) is 8.04. The van der Waals surface area contributed by atoms with Crippen molar-refractivity contribution in [2.24, 2.45) is 0 Å². The molecule has 0 bridgehead atoms. The van der Waals surface area contributed by atoms with Crippen LogP contribution in [-0.2, 0) is 4.79 Å². The Kier molecular flexibility index (Phi) is 3.93. The average Bonchev–Trinajstić information content (AvgIpc) is 3.06. The highest BCUT2D eigenvalue weighted by Crippen LogP contribution is 2.21. The van der Waals surface area contributed by atoms with Crippen LogP contribution in [0.3, 0.4) is 0 Å². The Morgan fingerprint density at radius 3 is 2.64 bits per heavy atom. The van der Waals surface area contributed by atoms with Gasteiger partial charge in [-0.3, -0.25) is 4.79 Å². The molecule has 0 unspecified atom stereocenters. The predicted octanol–water partition coefficient (Wildman–Crippen LogP) is 1.99. The number of H-pyrrole nitrogens is 1. The van der Waals surface area contributed by atoms with Gasteiger partial charge in [0.15, 0.2) is 0 Å². The van der Waals surface area contributed by atoms with E-state index in [0.717, 1.165) is 43.5 Å². The Labute approximate surface area is 143 Å². The van der Waals surface area contributed by atoms with E-state index < -0.39 is 0 Å². The number of benzene rings is 1. The van der Waals surface area contributed by atoms with Gasteiger partial charge in [-0.15, -0.1) is 0 Å². The van der Waals surface area contributed by atoms with Crippen molar-refractivity contribution in [1.29, 1.82) is 0 Å². The number of aromatic nitrogens is 3. The van der Waals surface area contributed by atoms with Crippen molar-refractivity contribution in [2.75, 3.05) is 41.3 Å². The van der Waals surface area contributed by atoms with Gasteiger partial charge in [0.1, 0.15) is 11.6 Å². The van der Waals surface area contributed by atoms with E-state index in [9.17, 15) is 9.18 Å². The third kappa shape index (κ3) is 3.10. The number of anilines is 3. The summed E-state index contributed by atoms with van der Waals surface area (Å²) < 4.78 is 13.3. The molecule has 0 saturated carbocycles. The molecule has 1 saturated heterocycles. The minimum absolute atomic E-state index is 0.272. The maximum Gasteiger partial charge on any atom is 0.211 e. The summed E-state index contributed by atoms with van der Waals surface area (Å²) in [6.45, 7) is 3.19. The number of hydrogen-bond acceptors (Lipinski definition) is 5. The smallest absolute Gasteiger partial charge is 0.211 e. The second kappa shape index (κ2) is 6.39. The van der Waals surface area contributed by atoms with Crippen molar-refractivity contribution in [1.82, 2.24) is 15.0 Å². The molecule has 4 rings (SSSR count). The second-order valence-corrected chi connectivity index (χ2v) is 5.86. The van der Waals surface area contributed by atoms with E-state index in [1.807, 2.05) is 12.1 Å². The van der Waals surface area contributed by atoms with Gasteiger partial charge in [-0.1, -0.05) is 0 Å². The van der Waals surface area contributed by atoms with Crippen LogP contribution in [0.1, 0.15) is 0 Å². The number of nitrogens with zero attached hydrogens (tertiary/aromatic N) is 4. The molecule has 3 aromatic rings. The van der Waals surface area contributed by atoms with Crippen LogP contribution in [0.4, 0.5) is 21.8 Å². The number of rotatable bonds is 4. The molecule has 1 aliphatic heterocycles. The monoisotopic (exact) mass is 340 g/mol. The minimum Gasteiger partial charge on any atom is -0.353 e. The first-order chi connectivity index (χ1) is 12.2.